The molecule has 2 nitrogen and oxygen atoms in total. The Kier molecular flexibility index (Phi) is 1.22. The maximum Gasteiger partial charge on any atom is 0.224 e. The SMILES string of the molecule is CC1CC(=O)N1CC1CC1. The third-order valence-electron chi connectivity index (χ3n) is 2.47. The van der Waals surface area contributed by atoms with Crippen LogP contribution in [0.5, 0.6) is 0 Å². The molecule has 1 saturated heterocycles. The molecule has 0 spiro atoms. The highest BCUT2D eigenvalue weighted by Crippen LogP contribution is 2.32. The molecular weight excluding hydrogens is 126 g/mol. The van der Waals surface area contributed by atoms with Gasteiger partial charge in [-0.3, -0.25) is 4.79 Å². The van der Waals surface area contributed by atoms with Crippen LogP contribution in [-0.2, 0) is 4.79 Å². The molecule has 2 fully saturated rings. The van der Waals surface area contributed by atoms with Gasteiger partial charge in [-0.25, -0.2) is 0 Å². The molecule has 0 bridgehead atoms. The van der Waals surface area contributed by atoms with Crippen LogP contribution in [0.3, 0.4) is 0 Å². The quantitative estimate of drug-likeness (QED) is 0.523. The monoisotopic (exact) mass is 139 g/mol. The number of carbonyl (C=O) groups excluding carboxylic acids is 1. The van der Waals surface area contributed by atoms with E-state index in [9.17, 15) is 4.79 Å². The Morgan fingerprint density at radius 2 is 2.30 bits per heavy atom. The molecule has 2 aliphatic rings. The van der Waals surface area contributed by atoms with E-state index in [-0.39, 0.29) is 0 Å². The summed E-state index contributed by atoms with van der Waals surface area (Å²) in [6.45, 7) is 3.17. The Morgan fingerprint density at radius 1 is 1.60 bits per heavy atom. The lowest BCUT2D eigenvalue weighted by molar-refractivity contribution is -0.145. The van der Waals surface area contributed by atoms with Crippen molar-refractivity contribution < 1.29 is 4.79 Å². The molecule has 56 valence electrons. The largest absolute Gasteiger partial charge is 0.339 e. The molecule has 0 aromatic carbocycles. The maximum absolute atomic E-state index is 10.9. The van der Waals surface area contributed by atoms with E-state index in [2.05, 4.69) is 6.92 Å². The van der Waals surface area contributed by atoms with Gasteiger partial charge in [0, 0.05) is 19.0 Å². The summed E-state index contributed by atoms with van der Waals surface area (Å²) >= 11 is 0. The molecule has 0 N–H and O–H groups in total. The normalized spacial score (nSPS) is 32.3. The van der Waals surface area contributed by atoms with Gasteiger partial charge in [0.15, 0.2) is 0 Å². The molecular formula is C8H13NO. The van der Waals surface area contributed by atoms with Gasteiger partial charge in [0.05, 0.1) is 0 Å². The van der Waals surface area contributed by atoms with Crippen LogP contribution in [0.1, 0.15) is 26.2 Å². The molecule has 2 heteroatoms. The Bertz CT molecular complexity index is 163. The first kappa shape index (κ1) is 6.20. The number of likely N-dealkylation sites (tertiary alicyclic amines) is 1. The second kappa shape index (κ2) is 1.97. The van der Waals surface area contributed by atoms with Crippen molar-refractivity contribution in [2.45, 2.75) is 32.2 Å². The van der Waals surface area contributed by atoms with Crippen molar-refractivity contribution in [2.24, 2.45) is 5.92 Å². The summed E-state index contributed by atoms with van der Waals surface area (Å²) < 4.78 is 0. The Labute approximate surface area is 61.2 Å². The highest BCUT2D eigenvalue weighted by atomic mass is 16.2. The first-order valence-electron chi connectivity index (χ1n) is 4.07. The number of amides is 1. The number of hydrogen-bond acceptors (Lipinski definition) is 1. The van der Waals surface area contributed by atoms with Crippen LogP contribution in [0.25, 0.3) is 0 Å². The fourth-order valence-corrected chi connectivity index (χ4v) is 1.47. The highest BCUT2D eigenvalue weighted by Gasteiger charge is 2.36. The molecule has 2 rings (SSSR count). The standard InChI is InChI=1S/C8H13NO/c1-6-4-8(10)9(6)5-7-2-3-7/h6-7H,2-5H2,1H3. The fourth-order valence-electron chi connectivity index (χ4n) is 1.47. The lowest BCUT2D eigenvalue weighted by Crippen LogP contribution is -2.51. The van der Waals surface area contributed by atoms with Gasteiger partial charge < -0.3 is 4.90 Å². The minimum atomic E-state index is 0.361. The van der Waals surface area contributed by atoms with Gasteiger partial charge in [-0.2, -0.15) is 0 Å². The Hall–Kier alpha value is -0.530. The summed E-state index contributed by atoms with van der Waals surface area (Å²) in [4.78, 5) is 12.9. The summed E-state index contributed by atoms with van der Waals surface area (Å²) in [6.07, 6.45) is 3.47. The minimum absolute atomic E-state index is 0.361. The average Bonchev–Trinajstić information content (AvgIpc) is 2.66. The summed E-state index contributed by atoms with van der Waals surface area (Å²) in [5.41, 5.74) is 0. The van der Waals surface area contributed by atoms with E-state index in [4.69, 9.17) is 0 Å². The fraction of sp³-hybridized carbons (Fsp3) is 0.875. The van der Waals surface area contributed by atoms with Crippen LogP contribution < -0.4 is 0 Å². The van der Waals surface area contributed by atoms with E-state index in [1.165, 1.54) is 12.8 Å². The van der Waals surface area contributed by atoms with Crippen molar-refractivity contribution in [3.05, 3.63) is 0 Å². The second-order valence-electron chi connectivity index (χ2n) is 3.54. The third-order valence-corrected chi connectivity index (χ3v) is 2.47. The predicted octanol–water partition coefficient (Wildman–Crippen LogP) is 1.02. The first-order chi connectivity index (χ1) is 4.77. The molecule has 1 aliphatic heterocycles. The molecule has 1 heterocycles. The summed E-state index contributed by atoms with van der Waals surface area (Å²) in [5.74, 6) is 1.21. The third kappa shape index (κ3) is 0.917. The minimum Gasteiger partial charge on any atom is -0.339 e. The number of hydrogen-bond donors (Lipinski definition) is 0. The van der Waals surface area contributed by atoms with Crippen LogP contribution in [0.15, 0.2) is 0 Å². The predicted molar refractivity (Wildman–Crippen MR) is 38.5 cm³/mol. The number of nitrogens with zero attached hydrogens (tertiary/aromatic N) is 1. The molecule has 1 unspecified atom stereocenters. The zero-order valence-electron chi connectivity index (χ0n) is 6.34. The molecule has 10 heavy (non-hydrogen) atoms. The molecule has 1 aliphatic carbocycles. The molecule has 0 aromatic heterocycles. The van der Waals surface area contributed by atoms with E-state index in [0.717, 1.165) is 18.9 Å². The van der Waals surface area contributed by atoms with Crippen LogP contribution in [0.2, 0.25) is 0 Å². The zero-order valence-corrected chi connectivity index (χ0v) is 6.34. The first-order valence-corrected chi connectivity index (χ1v) is 4.07. The highest BCUT2D eigenvalue weighted by molar-refractivity contribution is 5.82. The lowest BCUT2D eigenvalue weighted by atomic mass is 10.0. The van der Waals surface area contributed by atoms with E-state index in [1.807, 2.05) is 4.90 Å². The summed E-state index contributed by atoms with van der Waals surface area (Å²) in [7, 11) is 0. The number of carbonyl (C=O) groups is 1. The van der Waals surface area contributed by atoms with Crippen molar-refractivity contribution in [1.82, 2.24) is 4.90 Å². The molecule has 1 atom stereocenters. The van der Waals surface area contributed by atoms with Gasteiger partial charge in [0.2, 0.25) is 5.91 Å². The van der Waals surface area contributed by atoms with E-state index < -0.39 is 0 Å². The smallest absolute Gasteiger partial charge is 0.224 e. The number of rotatable bonds is 2. The number of β-lactam (4-membered cyclic amide) rings is 1. The zero-order chi connectivity index (χ0) is 7.14. The van der Waals surface area contributed by atoms with Gasteiger partial charge >= 0.3 is 0 Å². The Balaban J connectivity index is 1.84. The van der Waals surface area contributed by atoms with E-state index >= 15 is 0 Å². The van der Waals surface area contributed by atoms with Gasteiger partial charge in [-0.1, -0.05) is 0 Å². The van der Waals surface area contributed by atoms with Crippen molar-refractivity contribution in [3.63, 3.8) is 0 Å². The van der Waals surface area contributed by atoms with Crippen LogP contribution in [0.4, 0.5) is 0 Å². The lowest BCUT2D eigenvalue weighted by Gasteiger charge is -2.38. The Morgan fingerprint density at radius 3 is 2.70 bits per heavy atom. The maximum atomic E-state index is 10.9. The topological polar surface area (TPSA) is 20.3 Å². The van der Waals surface area contributed by atoms with E-state index in [0.29, 0.717) is 11.9 Å². The van der Waals surface area contributed by atoms with Crippen molar-refractivity contribution in [3.8, 4) is 0 Å². The second-order valence-corrected chi connectivity index (χ2v) is 3.54. The van der Waals surface area contributed by atoms with Crippen LogP contribution in [-0.4, -0.2) is 23.4 Å². The van der Waals surface area contributed by atoms with Gasteiger partial charge in [0.25, 0.3) is 0 Å². The van der Waals surface area contributed by atoms with Crippen LogP contribution in [0, 0.1) is 5.92 Å². The molecule has 1 amide bonds. The molecule has 0 radical (unpaired) electrons. The van der Waals surface area contributed by atoms with Gasteiger partial charge in [0.1, 0.15) is 0 Å². The summed E-state index contributed by atoms with van der Waals surface area (Å²) in [6, 6.07) is 0.535. The summed E-state index contributed by atoms with van der Waals surface area (Å²) in [5, 5.41) is 0. The van der Waals surface area contributed by atoms with Gasteiger partial charge in [-0.05, 0) is 25.7 Å². The molecule has 0 aromatic rings. The van der Waals surface area contributed by atoms with Crippen molar-refractivity contribution >= 4 is 5.91 Å². The molecule has 1 saturated carbocycles. The van der Waals surface area contributed by atoms with Crippen LogP contribution >= 0.6 is 0 Å². The van der Waals surface area contributed by atoms with Crippen molar-refractivity contribution in [2.75, 3.05) is 6.54 Å². The van der Waals surface area contributed by atoms with E-state index in [1.54, 1.807) is 0 Å². The van der Waals surface area contributed by atoms with Gasteiger partial charge in [-0.15, -0.1) is 0 Å². The van der Waals surface area contributed by atoms with Crippen molar-refractivity contribution in [1.29, 1.82) is 0 Å². The average molecular weight is 139 g/mol.